The average molecular weight is 215 g/mol. The Bertz CT molecular complexity index is 3.61. The van der Waals surface area contributed by atoms with E-state index in [1.54, 1.807) is 0 Å². The van der Waals surface area contributed by atoms with Gasteiger partial charge in [0, 0.05) is 4.70 Å². The fourth-order valence-corrected chi connectivity index (χ4v) is 0. The Labute approximate surface area is 54.4 Å². The van der Waals surface area contributed by atoms with E-state index < -0.39 is 0 Å². The van der Waals surface area contributed by atoms with Gasteiger partial charge < -0.3 is 14.1 Å². The molecule has 0 N–H and O–H groups in total. The summed E-state index contributed by atoms with van der Waals surface area (Å²) < 4.78 is 0. The molecule has 1 radical (unpaired) electrons. The van der Waals surface area contributed by atoms with E-state index in [2.05, 4.69) is 0 Å². The van der Waals surface area contributed by atoms with E-state index in [0.29, 0.717) is 0 Å². The first-order chi connectivity index (χ1) is 0. The molecule has 0 spiro atoms. The van der Waals surface area contributed by atoms with Crippen molar-refractivity contribution in [1.29, 1.82) is 0 Å². The van der Waals surface area contributed by atoms with E-state index in [1.807, 2.05) is 0 Å². The standard InChI is InChI=1S/3FH.F.La/h3*1H;;/q;;;;+3/p-3. The molecule has 0 bridgehead atoms. The van der Waals surface area contributed by atoms with Crippen LogP contribution in [-0.2, 0) is 0 Å². The molecule has 5 heteroatoms. The van der Waals surface area contributed by atoms with Gasteiger partial charge in [-0.3, -0.25) is 0 Å². The molecule has 0 saturated heterocycles. The second-order valence-electron chi connectivity index (χ2n) is 0. The Morgan fingerprint density at radius 1 is 0.600 bits per heavy atom. The van der Waals surface area contributed by atoms with Crippen LogP contribution in [0, 0.1) is 35.6 Å². The first-order valence-corrected chi connectivity index (χ1v) is 0. The molecule has 0 amide bonds. The quantitative estimate of drug-likeness (QED) is 0.352. The minimum atomic E-state index is 0. The van der Waals surface area contributed by atoms with E-state index in [1.165, 1.54) is 0 Å². The maximum absolute atomic E-state index is 0. The third-order valence-electron chi connectivity index (χ3n) is 0. The Morgan fingerprint density at radius 3 is 0.600 bits per heavy atom. The number of hydrogen-bond acceptors (Lipinski definition) is 0. The van der Waals surface area contributed by atoms with Gasteiger partial charge in [-0.1, -0.05) is 0 Å². The zero-order chi connectivity index (χ0) is 0. The molecule has 0 saturated carbocycles. The van der Waals surface area contributed by atoms with Crippen LogP contribution >= 0.6 is 0 Å². The number of hydrogen-bond donors (Lipinski definition) is 0. The van der Waals surface area contributed by atoms with Crippen LogP contribution in [0.4, 0.5) is 4.70 Å². The van der Waals surface area contributed by atoms with E-state index in [-0.39, 0.29) is 54.4 Å². The van der Waals surface area contributed by atoms with Crippen molar-refractivity contribution in [3.05, 3.63) is 0 Å². The van der Waals surface area contributed by atoms with Gasteiger partial charge in [0.05, 0.1) is 0 Å². The van der Waals surface area contributed by atoms with Gasteiger partial charge in [0.2, 0.25) is 0 Å². The zero-order valence-corrected chi connectivity index (χ0v) is 5.72. The molecular formula is F4La. The molecule has 0 unspecified atom stereocenters. The first-order valence-electron chi connectivity index (χ1n) is 0. The van der Waals surface area contributed by atoms with E-state index in [0.717, 1.165) is 0 Å². The van der Waals surface area contributed by atoms with E-state index in [9.17, 15) is 0 Å². The largest absolute Gasteiger partial charge is 3.00 e. The summed E-state index contributed by atoms with van der Waals surface area (Å²) in [7, 11) is 0. The van der Waals surface area contributed by atoms with Crippen molar-refractivity contribution >= 4 is 0 Å². The summed E-state index contributed by atoms with van der Waals surface area (Å²) >= 11 is 0. The van der Waals surface area contributed by atoms with Crippen molar-refractivity contribution in [2.45, 2.75) is 0 Å². The molecule has 31 valence electrons. The molecule has 0 atom stereocenters. The molecule has 0 nitrogen and oxygen atoms in total. The minimum absolute atomic E-state index is 0. The zero-order valence-electron chi connectivity index (χ0n) is 2.09. The van der Waals surface area contributed by atoms with Gasteiger partial charge in [-0.2, -0.15) is 0 Å². The molecule has 0 aromatic rings. The predicted octanol–water partition coefficient (Wildman–Crippen LogP) is -8.57. The van der Waals surface area contributed by atoms with Crippen molar-refractivity contribution in [2.24, 2.45) is 0 Å². The van der Waals surface area contributed by atoms with Crippen molar-refractivity contribution in [1.82, 2.24) is 0 Å². The van der Waals surface area contributed by atoms with Gasteiger partial charge in [0.1, 0.15) is 0 Å². The SMILES string of the molecule is [F-].[F-].[F-].[F].[La+3]. The van der Waals surface area contributed by atoms with Gasteiger partial charge in [-0.05, 0) is 0 Å². The molecule has 0 aliphatic rings. The van der Waals surface area contributed by atoms with Crippen LogP contribution in [-0.4, -0.2) is 0 Å². The van der Waals surface area contributed by atoms with Gasteiger partial charge in [-0.15, -0.1) is 0 Å². The van der Waals surface area contributed by atoms with Crippen LogP contribution in [0.25, 0.3) is 0 Å². The van der Waals surface area contributed by atoms with E-state index >= 15 is 0 Å². The summed E-state index contributed by atoms with van der Waals surface area (Å²) in [6, 6.07) is 0. The number of rotatable bonds is 0. The van der Waals surface area contributed by atoms with Crippen molar-refractivity contribution < 1.29 is 54.4 Å². The summed E-state index contributed by atoms with van der Waals surface area (Å²) in [6.45, 7) is 0. The third-order valence-corrected chi connectivity index (χ3v) is 0. The maximum Gasteiger partial charge on any atom is 3.00 e. The van der Waals surface area contributed by atoms with Crippen LogP contribution in [0.3, 0.4) is 0 Å². The van der Waals surface area contributed by atoms with Crippen LogP contribution in [0.2, 0.25) is 0 Å². The van der Waals surface area contributed by atoms with Crippen LogP contribution in [0.15, 0.2) is 0 Å². The Kier molecular flexibility index (Phi) is 3070. The maximum atomic E-state index is 0. The van der Waals surface area contributed by atoms with Crippen molar-refractivity contribution in [3.8, 4) is 0 Å². The molecule has 0 heterocycles. The molecule has 0 aliphatic carbocycles. The fraction of sp³-hybridized carbons (Fsp3) is 0. The van der Waals surface area contributed by atoms with E-state index in [4.69, 9.17) is 0 Å². The monoisotopic (exact) mass is 215 g/mol. The minimum Gasteiger partial charge on any atom is -1.00 e. The summed E-state index contributed by atoms with van der Waals surface area (Å²) in [5, 5.41) is 0. The van der Waals surface area contributed by atoms with Crippen LogP contribution in [0.1, 0.15) is 0 Å². The van der Waals surface area contributed by atoms with Crippen molar-refractivity contribution in [3.63, 3.8) is 0 Å². The molecule has 5 heavy (non-hydrogen) atoms. The number of halogens is 4. The molecular weight excluding hydrogens is 215 g/mol. The summed E-state index contributed by atoms with van der Waals surface area (Å²) in [5.41, 5.74) is 0. The van der Waals surface area contributed by atoms with Gasteiger partial charge in [0.25, 0.3) is 0 Å². The van der Waals surface area contributed by atoms with Gasteiger partial charge in [-0.25, -0.2) is 0 Å². The van der Waals surface area contributed by atoms with Crippen LogP contribution < -0.4 is 14.1 Å². The predicted molar refractivity (Wildman–Crippen MR) is 1.11 cm³/mol. The summed E-state index contributed by atoms with van der Waals surface area (Å²) in [6.07, 6.45) is 0. The van der Waals surface area contributed by atoms with Gasteiger partial charge >= 0.3 is 35.6 Å². The Balaban J connectivity index is 0. The fourth-order valence-electron chi connectivity index (χ4n) is 0. The smallest absolute Gasteiger partial charge is 1.00 e. The summed E-state index contributed by atoms with van der Waals surface area (Å²) in [4.78, 5) is 0. The third kappa shape index (κ3) is 49.9. The molecule has 0 aliphatic heterocycles. The second-order valence-corrected chi connectivity index (χ2v) is 0. The molecule has 0 aromatic carbocycles. The Morgan fingerprint density at radius 2 is 0.600 bits per heavy atom. The molecule has 0 aromatic heterocycles. The molecule has 0 rings (SSSR count). The topological polar surface area (TPSA) is 0 Å². The Hall–Kier alpha value is 0.915. The first kappa shape index (κ1) is 171. The average Bonchev–Trinajstić information content (AvgIpc) is 0. The van der Waals surface area contributed by atoms with Crippen molar-refractivity contribution in [2.75, 3.05) is 0 Å². The van der Waals surface area contributed by atoms with Crippen LogP contribution in [0.5, 0.6) is 0 Å². The normalized spacial score (nSPS) is 0. The molecule has 0 fully saturated rings. The van der Waals surface area contributed by atoms with Gasteiger partial charge in [0.15, 0.2) is 0 Å². The summed E-state index contributed by atoms with van der Waals surface area (Å²) in [5.74, 6) is 0. The second kappa shape index (κ2) is 90.0.